The Morgan fingerprint density at radius 1 is 0.667 bits per heavy atom. The summed E-state index contributed by atoms with van der Waals surface area (Å²) in [5.41, 5.74) is -3.09. The number of halogens is 4. The van der Waals surface area contributed by atoms with Crippen molar-refractivity contribution in [1.29, 1.82) is 0 Å². The summed E-state index contributed by atoms with van der Waals surface area (Å²) < 4.78 is 30.6. The average Bonchev–Trinajstić information content (AvgIpc) is 2.75. The van der Waals surface area contributed by atoms with E-state index in [0.717, 1.165) is 0 Å². The fraction of sp³-hybridized carbons (Fsp3) is 0.160. The molecule has 0 bridgehead atoms. The lowest BCUT2D eigenvalue weighted by Crippen LogP contribution is -2.27. The van der Waals surface area contributed by atoms with E-state index in [1.54, 1.807) is 48.5 Å². The van der Waals surface area contributed by atoms with Crippen LogP contribution >= 0.6 is 23.2 Å². The van der Waals surface area contributed by atoms with Crippen molar-refractivity contribution in [2.75, 3.05) is 0 Å². The second-order valence-electron chi connectivity index (χ2n) is 7.39. The van der Waals surface area contributed by atoms with Crippen molar-refractivity contribution in [1.82, 2.24) is 0 Å². The van der Waals surface area contributed by atoms with Crippen molar-refractivity contribution in [2.45, 2.75) is 11.3 Å². The van der Waals surface area contributed by atoms with Crippen LogP contribution < -0.4 is 0 Å². The van der Waals surface area contributed by atoms with Crippen LogP contribution in [0.5, 0.6) is 0 Å². The smallest absolute Gasteiger partial charge is 0.173 e. The van der Waals surface area contributed by atoms with Crippen molar-refractivity contribution in [3.8, 4) is 0 Å². The van der Waals surface area contributed by atoms with Crippen LogP contribution in [-0.2, 0) is 16.1 Å². The van der Waals surface area contributed by atoms with Gasteiger partial charge in [0.05, 0.1) is 11.8 Å². The number of ketones is 1. The number of carbonyl (C=O) groups is 1. The van der Waals surface area contributed by atoms with Crippen molar-refractivity contribution < 1.29 is 13.6 Å². The van der Waals surface area contributed by atoms with E-state index in [-0.39, 0.29) is 5.78 Å². The summed E-state index contributed by atoms with van der Waals surface area (Å²) in [6.45, 7) is 0. The van der Waals surface area contributed by atoms with Gasteiger partial charge in [-0.1, -0.05) is 83.9 Å². The summed E-state index contributed by atoms with van der Waals surface area (Å²) in [7, 11) is 0. The molecular weight excluding hydrogens is 425 g/mol. The molecular formula is C25H18Cl2F2O. The van der Waals surface area contributed by atoms with E-state index in [2.05, 4.69) is 0 Å². The van der Waals surface area contributed by atoms with E-state index >= 15 is 8.78 Å². The number of hydrogen-bond acceptors (Lipinski definition) is 1. The topological polar surface area (TPSA) is 17.1 Å². The fourth-order valence-electron chi connectivity index (χ4n) is 3.72. The summed E-state index contributed by atoms with van der Waals surface area (Å²) >= 11 is 12.2. The van der Waals surface area contributed by atoms with Crippen LogP contribution in [0.4, 0.5) is 8.78 Å². The fourth-order valence-corrected chi connectivity index (χ4v) is 4.28. The van der Waals surface area contributed by atoms with Crippen molar-refractivity contribution in [2.24, 2.45) is 11.8 Å². The lowest BCUT2D eigenvalue weighted by molar-refractivity contribution is -0.121. The van der Waals surface area contributed by atoms with Crippen LogP contribution in [0.15, 0.2) is 97.1 Å². The van der Waals surface area contributed by atoms with Gasteiger partial charge in [0.2, 0.25) is 0 Å². The molecule has 0 radical (unpaired) electrons. The van der Waals surface area contributed by atoms with E-state index in [1.165, 1.54) is 48.6 Å². The van der Waals surface area contributed by atoms with Gasteiger partial charge < -0.3 is 0 Å². The van der Waals surface area contributed by atoms with Gasteiger partial charge in [-0.05, 0) is 36.4 Å². The largest absolute Gasteiger partial charge is 0.298 e. The number of rotatable bonds is 4. The lowest BCUT2D eigenvalue weighted by atomic mass is 9.80. The predicted octanol–water partition coefficient (Wildman–Crippen LogP) is 7.08. The number of alkyl halides is 2. The highest BCUT2D eigenvalue weighted by Gasteiger charge is 2.35. The van der Waals surface area contributed by atoms with Crippen LogP contribution in [0.25, 0.3) is 0 Å². The second kappa shape index (κ2) is 7.98. The Labute approximate surface area is 184 Å². The molecule has 0 heterocycles. The van der Waals surface area contributed by atoms with E-state index < -0.39 is 23.2 Å². The third-order valence-electron chi connectivity index (χ3n) is 5.41. The summed E-state index contributed by atoms with van der Waals surface area (Å²) in [4.78, 5) is 12.9. The van der Waals surface area contributed by atoms with Gasteiger partial charge in [0.1, 0.15) is 0 Å². The van der Waals surface area contributed by atoms with Crippen LogP contribution in [0.2, 0.25) is 10.0 Å². The van der Waals surface area contributed by atoms with Gasteiger partial charge in [0.25, 0.3) is 0 Å². The molecule has 0 unspecified atom stereocenters. The highest BCUT2D eigenvalue weighted by molar-refractivity contribution is 6.31. The number of allylic oxidation sites excluding steroid dienone is 8. The minimum absolute atomic E-state index is 0.169. The minimum atomic E-state index is -1.87. The zero-order valence-electron chi connectivity index (χ0n) is 15.8. The molecule has 1 nitrogen and oxygen atoms in total. The molecule has 30 heavy (non-hydrogen) atoms. The Balaban J connectivity index is 1.50. The lowest BCUT2D eigenvalue weighted by Gasteiger charge is -2.27. The highest BCUT2D eigenvalue weighted by atomic mass is 35.5. The molecule has 0 atom stereocenters. The van der Waals surface area contributed by atoms with Crippen molar-refractivity contribution in [3.63, 3.8) is 0 Å². The summed E-state index contributed by atoms with van der Waals surface area (Å²) in [6.07, 6.45) is 11.5. The Bertz CT molecular complexity index is 986. The van der Waals surface area contributed by atoms with Crippen LogP contribution in [0, 0.1) is 11.8 Å². The molecule has 2 aromatic rings. The SMILES string of the molecule is O=C(C1C=CC(F)(c2ccccc2Cl)C=C1)C1C=CC(F)(c2ccccc2Cl)C=C1. The first kappa shape index (κ1) is 20.8. The minimum Gasteiger partial charge on any atom is -0.298 e. The van der Waals surface area contributed by atoms with Gasteiger partial charge >= 0.3 is 0 Å². The Hall–Kier alpha value is -2.49. The van der Waals surface area contributed by atoms with Crippen LogP contribution in [0.1, 0.15) is 11.1 Å². The molecule has 0 fully saturated rings. The molecule has 152 valence electrons. The van der Waals surface area contributed by atoms with Crippen LogP contribution in [0.3, 0.4) is 0 Å². The number of carbonyl (C=O) groups excluding carboxylic acids is 1. The maximum Gasteiger partial charge on any atom is 0.173 e. The predicted molar refractivity (Wildman–Crippen MR) is 117 cm³/mol. The first-order chi connectivity index (χ1) is 14.3. The quantitative estimate of drug-likeness (QED) is 0.462. The Morgan fingerprint density at radius 2 is 1.00 bits per heavy atom. The standard InChI is InChI=1S/C25H18Cl2F2O/c26-21-7-3-1-5-19(21)24(28)13-9-17(10-14-24)23(30)18-11-15-25(29,16-12-18)20-6-2-4-8-22(20)27/h1-18H. The average molecular weight is 443 g/mol. The molecule has 2 aromatic carbocycles. The number of benzene rings is 2. The van der Waals surface area contributed by atoms with Gasteiger partial charge in [0, 0.05) is 21.2 Å². The molecule has 2 aliphatic carbocycles. The number of Topliss-reactive ketones (excluding diaryl/α,β-unsaturated/α-hetero) is 1. The van der Waals surface area contributed by atoms with Gasteiger partial charge in [-0.15, -0.1) is 0 Å². The molecule has 0 amide bonds. The third-order valence-corrected chi connectivity index (χ3v) is 6.07. The van der Waals surface area contributed by atoms with Crippen molar-refractivity contribution in [3.05, 3.63) is 118 Å². The highest BCUT2D eigenvalue weighted by Crippen LogP contribution is 2.40. The summed E-state index contributed by atoms with van der Waals surface area (Å²) in [6, 6.07) is 13.3. The molecule has 2 aliphatic rings. The van der Waals surface area contributed by atoms with E-state index in [0.29, 0.717) is 21.2 Å². The molecule has 0 aliphatic heterocycles. The molecule has 0 spiro atoms. The van der Waals surface area contributed by atoms with Crippen molar-refractivity contribution >= 4 is 29.0 Å². The van der Waals surface area contributed by atoms with Gasteiger partial charge in [-0.2, -0.15) is 0 Å². The third kappa shape index (κ3) is 3.80. The van der Waals surface area contributed by atoms with Gasteiger partial charge in [-0.25, -0.2) is 8.78 Å². The summed E-state index contributed by atoms with van der Waals surface area (Å²) in [5.74, 6) is -1.39. The second-order valence-corrected chi connectivity index (χ2v) is 8.20. The van der Waals surface area contributed by atoms with E-state index in [9.17, 15) is 4.79 Å². The molecule has 0 N–H and O–H groups in total. The normalized spacial score (nSPS) is 29.9. The molecule has 0 saturated heterocycles. The zero-order valence-corrected chi connectivity index (χ0v) is 17.3. The maximum atomic E-state index is 15.3. The first-order valence-electron chi connectivity index (χ1n) is 9.51. The Kier molecular flexibility index (Phi) is 5.52. The van der Waals surface area contributed by atoms with Gasteiger partial charge in [0.15, 0.2) is 17.1 Å². The summed E-state index contributed by atoms with van der Waals surface area (Å²) in [5, 5.41) is 0.632. The van der Waals surface area contributed by atoms with E-state index in [4.69, 9.17) is 23.2 Å². The molecule has 4 rings (SSSR count). The first-order valence-corrected chi connectivity index (χ1v) is 10.3. The molecule has 0 saturated carbocycles. The zero-order chi connectivity index (χ0) is 21.4. The van der Waals surface area contributed by atoms with Gasteiger partial charge in [-0.3, -0.25) is 4.79 Å². The van der Waals surface area contributed by atoms with Crippen LogP contribution in [-0.4, -0.2) is 5.78 Å². The monoisotopic (exact) mass is 442 g/mol. The number of hydrogen-bond donors (Lipinski definition) is 0. The molecule has 5 heteroatoms. The Morgan fingerprint density at radius 3 is 1.33 bits per heavy atom. The maximum absolute atomic E-state index is 15.3. The molecule has 0 aromatic heterocycles. The van der Waals surface area contributed by atoms with E-state index in [1.807, 2.05) is 0 Å².